The molecule has 0 unspecified atom stereocenters. The smallest absolute Gasteiger partial charge is 0.319 e. The summed E-state index contributed by atoms with van der Waals surface area (Å²) in [7, 11) is 4.31. The van der Waals surface area contributed by atoms with Gasteiger partial charge in [-0.3, -0.25) is 4.90 Å². The molecule has 2 amide bonds. The molecule has 154 valence electrons. The lowest BCUT2D eigenvalue weighted by Crippen LogP contribution is -2.61. The summed E-state index contributed by atoms with van der Waals surface area (Å²) in [5, 5.41) is 6.26. The van der Waals surface area contributed by atoms with Crippen LogP contribution in [0.2, 0.25) is 0 Å². The van der Waals surface area contributed by atoms with Crippen LogP contribution in [0.1, 0.15) is 37.7 Å². The lowest BCUT2D eigenvalue weighted by atomic mass is 9.84. The van der Waals surface area contributed by atoms with Gasteiger partial charge in [0.25, 0.3) is 0 Å². The van der Waals surface area contributed by atoms with Crippen molar-refractivity contribution in [1.29, 1.82) is 0 Å². The zero-order valence-corrected chi connectivity index (χ0v) is 17.5. The average Bonchev–Trinajstić information content (AvgIpc) is 3.09. The number of hydrogen-bond donors (Lipinski definition) is 2. The summed E-state index contributed by atoms with van der Waals surface area (Å²) in [6.45, 7) is 6.34. The maximum atomic E-state index is 12.7. The minimum Gasteiger partial charge on any atom is -0.374 e. The molecule has 2 fully saturated rings. The molecule has 6 nitrogen and oxygen atoms in total. The van der Waals surface area contributed by atoms with Crippen molar-refractivity contribution in [2.24, 2.45) is 0 Å². The summed E-state index contributed by atoms with van der Waals surface area (Å²) in [4.78, 5) is 20.0. The number of urea groups is 1. The lowest BCUT2D eigenvalue weighted by molar-refractivity contribution is 0.0165. The number of hydrogen-bond acceptors (Lipinski definition) is 4. The molecule has 0 aromatic heterocycles. The van der Waals surface area contributed by atoms with E-state index in [1.54, 1.807) is 0 Å². The highest BCUT2D eigenvalue weighted by atomic mass is 16.2. The van der Waals surface area contributed by atoms with Crippen molar-refractivity contribution in [3.63, 3.8) is 0 Å². The number of rotatable bonds is 4. The molecule has 3 aliphatic heterocycles. The first-order valence-corrected chi connectivity index (χ1v) is 10.9. The summed E-state index contributed by atoms with van der Waals surface area (Å²) in [5.41, 5.74) is 3.59. The zero-order valence-electron chi connectivity index (χ0n) is 17.5. The molecule has 2 saturated heterocycles. The van der Waals surface area contributed by atoms with E-state index in [0.29, 0.717) is 0 Å². The van der Waals surface area contributed by atoms with Crippen LogP contribution in [0.3, 0.4) is 0 Å². The number of benzene rings is 1. The molecule has 0 atom stereocenters. The number of amides is 2. The molecule has 0 aliphatic carbocycles. The maximum absolute atomic E-state index is 12.7. The van der Waals surface area contributed by atoms with Gasteiger partial charge in [0, 0.05) is 37.1 Å². The van der Waals surface area contributed by atoms with E-state index in [9.17, 15) is 4.79 Å². The predicted molar refractivity (Wildman–Crippen MR) is 115 cm³/mol. The van der Waals surface area contributed by atoms with E-state index in [1.807, 2.05) is 6.07 Å². The van der Waals surface area contributed by atoms with E-state index in [1.165, 1.54) is 43.6 Å². The third-order valence-electron chi connectivity index (χ3n) is 6.99. The summed E-state index contributed by atoms with van der Waals surface area (Å²) < 4.78 is 0. The van der Waals surface area contributed by atoms with Crippen molar-refractivity contribution in [3.8, 4) is 0 Å². The van der Waals surface area contributed by atoms with Gasteiger partial charge in [-0.25, -0.2) is 4.79 Å². The molecule has 0 radical (unpaired) electrons. The van der Waals surface area contributed by atoms with Crippen LogP contribution in [0.15, 0.2) is 18.2 Å². The number of nitrogens with zero attached hydrogens (tertiary/aromatic N) is 3. The highest BCUT2D eigenvalue weighted by Gasteiger charge is 2.39. The zero-order chi connectivity index (χ0) is 19.6. The van der Waals surface area contributed by atoms with Gasteiger partial charge < -0.3 is 20.4 Å². The SMILES string of the molecule is CN1CCC(CNC(=O)Nc2ccc3c(c2)N(C)CC3)(N2CCCCC2)CC1. The first-order valence-electron chi connectivity index (χ1n) is 10.9. The van der Waals surface area contributed by atoms with Gasteiger partial charge in [-0.15, -0.1) is 0 Å². The Morgan fingerprint density at radius 2 is 1.79 bits per heavy atom. The third-order valence-corrected chi connectivity index (χ3v) is 6.99. The van der Waals surface area contributed by atoms with Crippen LogP contribution in [-0.4, -0.2) is 74.7 Å². The monoisotopic (exact) mass is 385 g/mol. The van der Waals surface area contributed by atoms with Gasteiger partial charge in [-0.05, 0) is 83.0 Å². The fourth-order valence-corrected chi connectivity index (χ4v) is 5.04. The van der Waals surface area contributed by atoms with Crippen LogP contribution < -0.4 is 15.5 Å². The molecular weight excluding hydrogens is 350 g/mol. The van der Waals surface area contributed by atoms with Crippen molar-refractivity contribution in [3.05, 3.63) is 23.8 Å². The number of nitrogens with one attached hydrogen (secondary N) is 2. The third kappa shape index (κ3) is 4.13. The summed E-state index contributed by atoms with van der Waals surface area (Å²) in [6, 6.07) is 6.17. The van der Waals surface area contributed by atoms with Crippen LogP contribution in [0.4, 0.5) is 16.2 Å². The maximum Gasteiger partial charge on any atom is 0.319 e. The van der Waals surface area contributed by atoms with Gasteiger partial charge in [0.1, 0.15) is 0 Å². The number of carbonyl (C=O) groups excluding carboxylic acids is 1. The van der Waals surface area contributed by atoms with Crippen LogP contribution in [0.25, 0.3) is 0 Å². The Labute approximate surface area is 169 Å². The topological polar surface area (TPSA) is 50.9 Å². The molecule has 0 bridgehead atoms. The van der Waals surface area contributed by atoms with Crippen molar-refractivity contribution < 1.29 is 4.79 Å². The van der Waals surface area contributed by atoms with E-state index in [2.05, 4.69) is 51.6 Å². The Hall–Kier alpha value is -1.79. The molecule has 0 spiro atoms. The molecule has 1 aromatic carbocycles. The molecule has 1 aromatic rings. The van der Waals surface area contributed by atoms with Crippen molar-refractivity contribution in [1.82, 2.24) is 15.1 Å². The average molecular weight is 386 g/mol. The molecule has 3 aliphatic rings. The standard InChI is InChI=1S/C22H35N5O/c1-25-14-9-22(10-15-25,27-11-4-3-5-12-27)17-23-21(28)24-19-7-6-18-8-13-26(2)20(18)16-19/h6-7,16H,3-5,8-15,17H2,1-2H3,(H2,23,24,28). The van der Waals surface area contributed by atoms with Crippen LogP contribution in [-0.2, 0) is 6.42 Å². The molecule has 3 heterocycles. The number of fused-ring (bicyclic) bond motifs is 1. The fraction of sp³-hybridized carbons (Fsp3) is 0.682. The molecular formula is C22H35N5O. The molecule has 4 rings (SSSR count). The van der Waals surface area contributed by atoms with E-state index in [-0.39, 0.29) is 11.6 Å². The van der Waals surface area contributed by atoms with Gasteiger partial charge in [-0.1, -0.05) is 12.5 Å². The Morgan fingerprint density at radius 3 is 2.54 bits per heavy atom. The highest BCUT2D eigenvalue weighted by molar-refractivity contribution is 5.90. The normalized spacial score (nSPS) is 22.7. The molecule has 0 saturated carbocycles. The van der Waals surface area contributed by atoms with E-state index < -0.39 is 0 Å². The van der Waals surface area contributed by atoms with E-state index in [4.69, 9.17) is 0 Å². The number of piperidine rings is 2. The van der Waals surface area contributed by atoms with Gasteiger partial charge >= 0.3 is 6.03 Å². The van der Waals surface area contributed by atoms with Gasteiger partial charge in [0.15, 0.2) is 0 Å². The Bertz CT molecular complexity index is 692. The summed E-state index contributed by atoms with van der Waals surface area (Å²) >= 11 is 0. The highest BCUT2D eigenvalue weighted by Crippen LogP contribution is 2.31. The van der Waals surface area contributed by atoms with Crippen molar-refractivity contribution in [2.45, 2.75) is 44.1 Å². The van der Waals surface area contributed by atoms with Crippen LogP contribution in [0, 0.1) is 0 Å². The van der Waals surface area contributed by atoms with E-state index >= 15 is 0 Å². The van der Waals surface area contributed by atoms with Crippen molar-refractivity contribution >= 4 is 17.4 Å². The molecule has 6 heteroatoms. The van der Waals surface area contributed by atoms with Gasteiger partial charge in [0.05, 0.1) is 0 Å². The van der Waals surface area contributed by atoms with Crippen molar-refractivity contribution in [2.75, 3.05) is 63.6 Å². The second kappa shape index (κ2) is 8.29. The lowest BCUT2D eigenvalue weighted by Gasteiger charge is -2.50. The van der Waals surface area contributed by atoms with Crippen LogP contribution >= 0.6 is 0 Å². The van der Waals surface area contributed by atoms with Gasteiger partial charge in [-0.2, -0.15) is 0 Å². The molecule has 2 N–H and O–H groups in total. The summed E-state index contributed by atoms with van der Waals surface area (Å²) in [5.74, 6) is 0. The number of likely N-dealkylation sites (N-methyl/N-ethyl adjacent to an activating group) is 1. The Kier molecular flexibility index (Phi) is 5.78. The van der Waals surface area contributed by atoms with E-state index in [0.717, 1.165) is 51.1 Å². The van der Waals surface area contributed by atoms with Crippen LogP contribution in [0.5, 0.6) is 0 Å². The molecule has 28 heavy (non-hydrogen) atoms. The number of carbonyl (C=O) groups is 1. The second-order valence-corrected chi connectivity index (χ2v) is 8.90. The van der Waals surface area contributed by atoms with Gasteiger partial charge in [0.2, 0.25) is 0 Å². The first kappa shape index (κ1) is 19.5. The Balaban J connectivity index is 1.38. The first-order chi connectivity index (χ1) is 13.6. The number of likely N-dealkylation sites (tertiary alicyclic amines) is 2. The number of anilines is 2. The minimum absolute atomic E-state index is 0.0871. The largest absolute Gasteiger partial charge is 0.374 e. The predicted octanol–water partition coefficient (Wildman–Crippen LogP) is 2.75. The summed E-state index contributed by atoms with van der Waals surface area (Å²) in [6.07, 6.45) is 7.26. The Morgan fingerprint density at radius 1 is 1.04 bits per heavy atom. The quantitative estimate of drug-likeness (QED) is 0.837. The fourth-order valence-electron chi connectivity index (χ4n) is 5.04. The minimum atomic E-state index is -0.0871. The second-order valence-electron chi connectivity index (χ2n) is 8.90.